The van der Waals surface area contributed by atoms with Gasteiger partial charge in [-0.15, -0.1) is 0 Å². The highest BCUT2D eigenvalue weighted by Gasteiger charge is 2.23. The topological polar surface area (TPSA) is 50.2 Å². The second-order valence-electron chi connectivity index (χ2n) is 4.96. The van der Waals surface area contributed by atoms with Gasteiger partial charge >= 0.3 is 6.03 Å². The standard InChI is InChI=1S/C14H15ClN4O/c1-9-7-19(8-9)14(20)16-6-12-17-11-5-3-4-10(15)13(11)18(12)2/h3-5H,1,6-8H2,2H3,(H,16,20). The summed E-state index contributed by atoms with van der Waals surface area (Å²) in [6.07, 6.45) is 0. The molecule has 0 bridgehead atoms. The summed E-state index contributed by atoms with van der Waals surface area (Å²) < 4.78 is 1.91. The molecule has 6 heteroatoms. The number of para-hydroxylation sites is 1. The third-order valence-corrected chi connectivity index (χ3v) is 3.76. The number of nitrogens with one attached hydrogen (secondary N) is 1. The Hall–Kier alpha value is -2.01. The van der Waals surface area contributed by atoms with E-state index in [4.69, 9.17) is 11.6 Å². The Kier molecular flexibility index (Phi) is 3.14. The van der Waals surface area contributed by atoms with E-state index in [1.165, 1.54) is 0 Å². The third kappa shape index (κ3) is 2.14. The molecule has 0 saturated carbocycles. The molecule has 1 aromatic heterocycles. The largest absolute Gasteiger partial charge is 0.331 e. The third-order valence-electron chi connectivity index (χ3n) is 3.45. The van der Waals surface area contributed by atoms with Gasteiger partial charge < -0.3 is 14.8 Å². The molecule has 104 valence electrons. The van der Waals surface area contributed by atoms with E-state index in [0.29, 0.717) is 24.7 Å². The number of rotatable bonds is 2. The van der Waals surface area contributed by atoms with Gasteiger partial charge in [0, 0.05) is 20.1 Å². The van der Waals surface area contributed by atoms with E-state index in [-0.39, 0.29) is 6.03 Å². The molecule has 0 radical (unpaired) electrons. The van der Waals surface area contributed by atoms with Crippen molar-refractivity contribution in [3.8, 4) is 0 Å². The summed E-state index contributed by atoms with van der Waals surface area (Å²) in [5, 5.41) is 3.52. The molecule has 2 heterocycles. The minimum Gasteiger partial charge on any atom is -0.331 e. The van der Waals surface area contributed by atoms with Crippen LogP contribution >= 0.6 is 11.6 Å². The zero-order valence-corrected chi connectivity index (χ0v) is 11.9. The summed E-state index contributed by atoms with van der Waals surface area (Å²) in [5.74, 6) is 0.779. The molecule has 5 nitrogen and oxygen atoms in total. The lowest BCUT2D eigenvalue weighted by Crippen LogP contribution is -2.49. The van der Waals surface area contributed by atoms with Crippen LogP contribution in [0.1, 0.15) is 5.82 Å². The van der Waals surface area contributed by atoms with Gasteiger partial charge in [0.2, 0.25) is 0 Å². The number of fused-ring (bicyclic) bond motifs is 1. The summed E-state index contributed by atoms with van der Waals surface area (Å²) >= 11 is 6.17. The molecule has 20 heavy (non-hydrogen) atoms. The van der Waals surface area contributed by atoms with E-state index in [0.717, 1.165) is 22.4 Å². The van der Waals surface area contributed by atoms with Crippen LogP contribution in [-0.4, -0.2) is 33.6 Å². The van der Waals surface area contributed by atoms with Crippen LogP contribution in [-0.2, 0) is 13.6 Å². The molecular formula is C14H15ClN4O. The van der Waals surface area contributed by atoms with Crippen molar-refractivity contribution in [1.29, 1.82) is 0 Å². The average molecular weight is 291 g/mol. The van der Waals surface area contributed by atoms with Gasteiger partial charge in [0.1, 0.15) is 5.82 Å². The van der Waals surface area contributed by atoms with Gasteiger partial charge in [0.25, 0.3) is 0 Å². The molecule has 1 saturated heterocycles. The summed E-state index contributed by atoms with van der Waals surface area (Å²) in [6, 6.07) is 5.52. The Balaban J connectivity index is 1.75. The summed E-state index contributed by atoms with van der Waals surface area (Å²) in [5.41, 5.74) is 2.80. The molecular weight excluding hydrogens is 276 g/mol. The van der Waals surface area contributed by atoms with Crippen LogP contribution in [0.4, 0.5) is 4.79 Å². The molecule has 0 unspecified atom stereocenters. The van der Waals surface area contributed by atoms with Crippen LogP contribution < -0.4 is 5.32 Å². The molecule has 1 aliphatic rings. The first-order chi connectivity index (χ1) is 9.56. The van der Waals surface area contributed by atoms with Gasteiger partial charge in [-0.05, 0) is 17.7 Å². The number of aromatic nitrogens is 2. The molecule has 0 atom stereocenters. The van der Waals surface area contributed by atoms with Crippen LogP contribution in [0.25, 0.3) is 11.0 Å². The van der Waals surface area contributed by atoms with Crippen LogP contribution in [0.2, 0.25) is 5.02 Å². The van der Waals surface area contributed by atoms with Crippen molar-refractivity contribution in [2.24, 2.45) is 7.05 Å². The highest BCUT2D eigenvalue weighted by Crippen LogP contribution is 2.23. The highest BCUT2D eigenvalue weighted by atomic mass is 35.5. The van der Waals surface area contributed by atoms with Crippen molar-refractivity contribution in [3.63, 3.8) is 0 Å². The predicted molar refractivity (Wildman–Crippen MR) is 78.7 cm³/mol. The molecule has 1 N–H and O–H groups in total. The van der Waals surface area contributed by atoms with Crippen molar-refractivity contribution in [1.82, 2.24) is 19.8 Å². The number of urea groups is 1. The van der Waals surface area contributed by atoms with Crippen molar-refractivity contribution in [2.75, 3.05) is 13.1 Å². The lowest BCUT2D eigenvalue weighted by atomic mass is 10.1. The van der Waals surface area contributed by atoms with Gasteiger partial charge in [-0.2, -0.15) is 0 Å². The number of imidazole rings is 1. The van der Waals surface area contributed by atoms with Gasteiger partial charge in [0.05, 0.1) is 22.6 Å². The number of benzene rings is 1. The first-order valence-electron chi connectivity index (χ1n) is 6.35. The zero-order valence-electron chi connectivity index (χ0n) is 11.2. The Labute approximate surface area is 121 Å². The van der Waals surface area contributed by atoms with Gasteiger partial charge in [0.15, 0.2) is 0 Å². The molecule has 3 rings (SSSR count). The van der Waals surface area contributed by atoms with Crippen molar-refractivity contribution in [3.05, 3.63) is 41.2 Å². The lowest BCUT2D eigenvalue weighted by Gasteiger charge is -2.33. The number of nitrogens with zero attached hydrogens (tertiary/aromatic N) is 3. The molecule has 1 aromatic carbocycles. The van der Waals surface area contributed by atoms with Crippen molar-refractivity contribution < 1.29 is 4.79 Å². The van der Waals surface area contributed by atoms with E-state index in [1.54, 1.807) is 4.90 Å². The molecule has 1 aliphatic heterocycles. The second kappa shape index (κ2) is 4.83. The lowest BCUT2D eigenvalue weighted by molar-refractivity contribution is 0.190. The molecule has 2 amide bonds. The maximum Gasteiger partial charge on any atom is 0.318 e. The van der Waals surface area contributed by atoms with Crippen LogP contribution in [0.3, 0.4) is 0 Å². The van der Waals surface area contributed by atoms with Crippen molar-refractivity contribution >= 4 is 28.7 Å². The predicted octanol–water partition coefficient (Wildman–Crippen LogP) is 2.31. The van der Waals surface area contributed by atoms with E-state index in [9.17, 15) is 4.79 Å². The quantitative estimate of drug-likeness (QED) is 0.863. The van der Waals surface area contributed by atoms with Crippen molar-refractivity contribution in [2.45, 2.75) is 6.54 Å². The highest BCUT2D eigenvalue weighted by molar-refractivity contribution is 6.35. The second-order valence-corrected chi connectivity index (χ2v) is 5.37. The van der Waals surface area contributed by atoms with Gasteiger partial charge in [-0.25, -0.2) is 9.78 Å². The van der Waals surface area contributed by atoms with E-state index in [1.807, 2.05) is 29.8 Å². The van der Waals surface area contributed by atoms with Crippen LogP contribution in [0.15, 0.2) is 30.4 Å². The smallest absolute Gasteiger partial charge is 0.318 e. The number of hydrogen-bond donors (Lipinski definition) is 1. The Morgan fingerprint density at radius 3 is 2.90 bits per heavy atom. The van der Waals surface area contributed by atoms with Gasteiger partial charge in [-0.1, -0.05) is 24.2 Å². The monoisotopic (exact) mass is 290 g/mol. The van der Waals surface area contributed by atoms with Gasteiger partial charge in [-0.3, -0.25) is 0 Å². The minimum absolute atomic E-state index is 0.0875. The molecule has 0 spiro atoms. The Bertz CT molecular complexity index is 699. The minimum atomic E-state index is -0.0875. The number of hydrogen-bond acceptors (Lipinski definition) is 2. The Morgan fingerprint density at radius 2 is 2.25 bits per heavy atom. The first kappa shape index (κ1) is 13.0. The van der Waals surface area contributed by atoms with E-state index >= 15 is 0 Å². The fourth-order valence-corrected chi connectivity index (χ4v) is 2.63. The summed E-state index contributed by atoms with van der Waals surface area (Å²) in [6.45, 7) is 5.47. The number of carbonyl (C=O) groups is 1. The number of aryl methyl sites for hydroxylation is 1. The maximum absolute atomic E-state index is 11.8. The summed E-state index contributed by atoms with van der Waals surface area (Å²) in [7, 11) is 1.90. The number of carbonyl (C=O) groups excluding carboxylic acids is 1. The Morgan fingerprint density at radius 1 is 1.50 bits per heavy atom. The summed E-state index contributed by atoms with van der Waals surface area (Å²) in [4.78, 5) is 18.0. The number of halogens is 1. The zero-order chi connectivity index (χ0) is 14.3. The van der Waals surface area contributed by atoms with Crippen LogP contribution in [0.5, 0.6) is 0 Å². The number of amides is 2. The molecule has 0 aliphatic carbocycles. The average Bonchev–Trinajstić information content (AvgIpc) is 2.70. The fourth-order valence-electron chi connectivity index (χ4n) is 2.33. The molecule has 2 aromatic rings. The fraction of sp³-hybridized carbons (Fsp3) is 0.286. The SMILES string of the molecule is C=C1CN(C(=O)NCc2nc3cccc(Cl)c3n2C)C1. The normalized spacial score (nSPS) is 14.5. The maximum atomic E-state index is 11.8. The van der Waals surface area contributed by atoms with Crippen LogP contribution in [0, 0.1) is 0 Å². The van der Waals surface area contributed by atoms with E-state index in [2.05, 4.69) is 16.9 Å². The number of likely N-dealkylation sites (tertiary alicyclic amines) is 1. The van der Waals surface area contributed by atoms with E-state index < -0.39 is 0 Å². The molecule has 1 fully saturated rings. The first-order valence-corrected chi connectivity index (χ1v) is 6.73.